The van der Waals surface area contributed by atoms with Crippen molar-refractivity contribution in [3.8, 4) is 17.2 Å². The van der Waals surface area contributed by atoms with Crippen molar-refractivity contribution in [1.29, 1.82) is 0 Å². The van der Waals surface area contributed by atoms with Crippen molar-refractivity contribution in [3.63, 3.8) is 0 Å². The molecule has 0 bridgehead atoms. The number of nitrogens with zero attached hydrogens (tertiary/aromatic N) is 3. The summed E-state index contributed by atoms with van der Waals surface area (Å²) in [6.45, 7) is 4.79. The van der Waals surface area contributed by atoms with Crippen molar-refractivity contribution in [2.75, 3.05) is 39.8 Å². The fraction of sp³-hybridized carbons (Fsp3) is 0.472. The number of carbonyl (C=O) groups is 5. The van der Waals surface area contributed by atoms with Gasteiger partial charge >= 0.3 is 5.97 Å². The summed E-state index contributed by atoms with van der Waals surface area (Å²) in [5.41, 5.74) is -0.393. The van der Waals surface area contributed by atoms with Crippen LogP contribution in [0.1, 0.15) is 65.8 Å². The standard InChI is InChI=1S/C36H44F2N4O10/c1-18-23(32(36(51)52)42-31(18)28(20(3)43)35(42)50)16-40(4)17-27(47)41(14-6-5-8-25(45)21-9-11-24(44)19(2)29(21)37)15-7-13-39-34(49)22-10-12-26(46)33(48)30(22)38/h9-12,18,20,28,31,43-44,46,48H,5-8,13-17H2,1-4H3,(H,39,49)(H,51,52)/t18-,20+,28+,31+/m0/s1. The highest BCUT2D eigenvalue weighted by atomic mass is 19.1. The fourth-order valence-electron chi connectivity index (χ4n) is 6.80. The lowest BCUT2D eigenvalue weighted by Gasteiger charge is -2.46. The molecule has 52 heavy (non-hydrogen) atoms. The molecular weight excluding hydrogens is 686 g/mol. The number of aliphatic carboxylic acids is 1. The number of aromatic hydroxyl groups is 3. The van der Waals surface area contributed by atoms with Crippen molar-refractivity contribution in [3.05, 3.63) is 63.9 Å². The number of benzene rings is 2. The van der Waals surface area contributed by atoms with Gasteiger partial charge in [0.25, 0.3) is 5.91 Å². The van der Waals surface area contributed by atoms with E-state index in [0.29, 0.717) is 18.4 Å². The highest BCUT2D eigenvalue weighted by Gasteiger charge is 2.59. The Hall–Kier alpha value is -5.09. The van der Waals surface area contributed by atoms with Gasteiger partial charge < -0.3 is 40.6 Å². The van der Waals surface area contributed by atoms with Crippen molar-refractivity contribution in [2.24, 2.45) is 11.8 Å². The minimum Gasteiger partial charge on any atom is -0.508 e. The number of fused-ring (bicyclic) bond motifs is 1. The molecule has 16 heteroatoms. The molecule has 0 aromatic heterocycles. The predicted molar refractivity (Wildman–Crippen MR) is 181 cm³/mol. The summed E-state index contributed by atoms with van der Waals surface area (Å²) in [5, 5.41) is 51.3. The first kappa shape index (κ1) is 39.7. The Kier molecular flexibility index (Phi) is 12.6. The van der Waals surface area contributed by atoms with E-state index in [1.165, 1.54) is 35.8 Å². The van der Waals surface area contributed by atoms with Gasteiger partial charge in [0, 0.05) is 44.1 Å². The number of hydrogen-bond donors (Lipinski definition) is 6. The Morgan fingerprint density at radius 1 is 0.962 bits per heavy atom. The second-order valence-electron chi connectivity index (χ2n) is 13.3. The summed E-state index contributed by atoms with van der Waals surface area (Å²) in [4.78, 5) is 68.1. The number of halogens is 2. The number of carbonyl (C=O) groups excluding carboxylic acids is 4. The minimum atomic E-state index is -1.29. The van der Waals surface area contributed by atoms with Gasteiger partial charge in [0.1, 0.15) is 17.3 Å². The Labute approximate surface area is 298 Å². The fourth-order valence-corrected chi connectivity index (χ4v) is 6.80. The predicted octanol–water partition coefficient (Wildman–Crippen LogP) is 2.52. The number of aliphatic hydroxyl groups excluding tert-OH is 1. The molecule has 4 atom stereocenters. The van der Waals surface area contributed by atoms with E-state index in [2.05, 4.69) is 5.32 Å². The van der Waals surface area contributed by atoms with E-state index in [1.807, 2.05) is 0 Å². The van der Waals surface area contributed by atoms with E-state index in [9.17, 15) is 58.3 Å². The smallest absolute Gasteiger partial charge is 0.352 e. The number of hydrogen-bond acceptors (Lipinski definition) is 10. The zero-order valence-corrected chi connectivity index (χ0v) is 29.4. The Morgan fingerprint density at radius 2 is 1.60 bits per heavy atom. The number of ketones is 1. The highest BCUT2D eigenvalue weighted by molar-refractivity contribution is 6.00. The highest BCUT2D eigenvalue weighted by Crippen LogP contribution is 2.47. The molecule has 2 aromatic carbocycles. The number of rotatable bonds is 17. The molecule has 2 heterocycles. The van der Waals surface area contributed by atoms with Gasteiger partial charge in [-0.05, 0) is 70.0 Å². The summed E-state index contributed by atoms with van der Waals surface area (Å²) in [5.74, 6) is -8.71. The third-order valence-corrected chi connectivity index (χ3v) is 9.69. The monoisotopic (exact) mass is 730 g/mol. The molecule has 0 spiro atoms. The van der Waals surface area contributed by atoms with Crippen molar-refractivity contribution < 1.29 is 58.3 Å². The molecule has 3 amide bonds. The van der Waals surface area contributed by atoms with E-state index >= 15 is 0 Å². The number of aliphatic hydroxyl groups is 1. The lowest BCUT2D eigenvalue weighted by Crippen LogP contribution is -2.63. The zero-order chi connectivity index (χ0) is 38.6. The van der Waals surface area contributed by atoms with E-state index in [1.54, 1.807) is 18.9 Å². The van der Waals surface area contributed by atoms with E-state index in [0.717, 1.165) is 12.1 Å². The number of nitrogens with one attached hydrogen (secondary N) is 1. The number of phenolic OH excluding ortho intramolecular Hbond substituents is 3. The van der Waals surface area contributed by atoms with E-state index in [-0.39, 0.29) is 80.0 Å². The number of likely N-dealkylation sites (N-methyl/N-ethyl adjacent to an activating group) is 1. The number of phenols is 3. The van der Waals surface area contributed by atoms with Crippen molar-refractivity contribution >= 4 is 29.5 Å². The Bertz CT molecular complexity index is 1700. The molecule has 2 aliphatic heterocycles. The molecule has 0 saturated carbocycles. The third kappa shape index (κ3) is 8.18. The summed E-state index contributed by atoms with van der Waals surface area (Å²) < 4.78 is 28.8. The Balaban J connectivity index is 1.40. The molecule has 282 valence electrons. The van der Waals surface area contributed by atoms with Gasteiger partial charge in [-0.1, -0.05) is 6.92 Å². The van der Waals surface area contributed by atoms with Gasteiger partial charge in [0.2, 0.25) is 11.8 Å². The average molecular weight is 731 g/mol. The van der Waals surface area contributed by atoms with Crippen molar-refractivity contribution in [2.45, 2.75) is 58.6 Å². The first-order chi connectivity index (χ1) is 24.5. The van der Waals surface area contributed by atoms with Crippen LogP contribution in [0.25, 0.3) is 0 Å². The number of Topliss-reactive ketones (excluding diaryl/α,β-unsaturated/α-hetero) is 1. The van der Waals surface area contributed by atoms with Gasteiger partial charge in [0.05, 0.1) is 35.7 Å². The maximum Gasteiger partial charge on any atom is 0.352 e. The number of carboxylic acids is 1. The summed E-state index contributed by atoms with van der Waals surface area (Å²) in [6, 6.07) is 3.93. The lowest BCUT2D eigenvalue weighted by atomic mass is 9.77. The second-order valence-corrected chi connectivity index (χ2v) is 13.3. The summed E-state index contributed by atoms with van der Waals surface area (Å²) >= 11 is 0. The largest absolute Gasteiger partial charge is 0.508 e. The van der Waals surface area contributed by atoms with Crippen LogP contribution in [0.2, 0.25) is 0 Å². The minimum absolute atomic E-state index is 0.000429. The molecule has 2 aromatic rings. The number of carboxylic acid groups (broad SMARTS) is 1. The molecule has 1 saturated heterocycles. The van der Waals surface area contributed by atoms with Gasteiger partial charge in [-0.25, -0.2) is 13.6 Å². The van der Waals surface area contributed by atoms with Crippen LogP contribution in [0.3, 0.4) is 0 Å². The SMILES string of the molecule is Cc1c(O)ccc(C(=O)CCCCN(CCCNC(=O)c2ccc(O)c(O)c2F)C(=O)CN(C)CC2=C(C(=O)O)N3C(=O)[C@H]([C@@H](C)O)[C@H]3[C@H]2C)c1F. The molecule has 4 rings (SSSR count). The normalized spacial score (nSPS) is 18.7. The van der Waals surface area contributed by atoms with E-state index in [4.69, 9.17) is 0 Å². The van der Waals surface area contributed by atoms with Crippen LogP contribution < -0.4 is 5.32 Å². The van der Waals surface area contributed by atoms with Crippen LogP contribution in [0, 0.1) is 30.4 Å². The van der Waals surface area contributed by atoms with Crippen LogP contribution >= 0.6 is 0 Å². The summed E-state index contributed by atoms with van der Waals surface area (Å²) in [6.07, 6.45) is -0.142. The molecule has 2 aliphatic rings. The number of unbranched alkanes of at least 4 members (excludes halogenated alkanes) is 1. The third-order valence-electron chi connectivity index (χ3n) is 9.69. The number of β-lactam (4-membered cyclic amide) rings is 1. The van der Waals surface area contributed by atoms with Crippen LogP contribution in [0.4, 0.5) is 8.78 Å². The molecule has 1 fully saturated rings. The molecule has 0 unspecified atom stereocenters. The quantitative estimate of drug-likeness (QED) is 0.0603. The second kappa shape index (κ2) is 16.5. The first-order valence-electron chi connectivity index (χ1n) is 16.9. The molecule has 0 radical (unpaired) electrons. The van der Waals surface area contributed by atoms with Gasteiger partial charge in [-0.2, -0.15) is 0 Å². The zero-order valence-electron chi connectivity index (χ0n) is 29.4. The van der Waals surface area contributed by atoms with Crippen LogP contribution in [0.5, 0.6) is 17.2 Å². The van der Waals surface area contributed by atoms with Crippen LogP contribution in [0.15, 0.2) is 35.5 Å². The lowest BCUT2D eigenvalue weighted by molar-refractivity contribution is -0.163. The first-order valence-corrected chi connectivity index (χ1v) is 16.9. The molecule has 0 aliphatic carbocycles. The molecule has 6 N–H and O–H groups in total. The van der Waals surface area contributed by atoms with Crippen molar-refractivity contribution in [1.82, 2.24) is 20.0 Å². The maximum atomic E-state index is 14.6. The van der Waals surface area contributed by atoms with Gasteiger partial charge in [0.15, 0.2) is 23.1 Å². The van der Waals surface area contributed by atoms with Crippen LogP contribution in [-0.4, -0.2) is 122 Å². The van der Waals surface area contributed by atoms with Crippen LogP contribution in [-0.2, 0) is 14.4 Å². The van der Waals surface area contributed by atoms with Gasteiger partial charge in [-0.15, -0.1) is 0 Å². The number of amides is 3. The Morgan fingerprint density at radius 3 is 2.25 bits per heavy atom. The summed E-state index contributed by atoms with van der Waals surface area (Å²) in [7, 11) is 1.62. The topological polar surface area (TPSA) is 208 Å². The van der Waals surface area contributed by atoms with Gasteiger partial charge in [-0.3, -0.25) is 24.1 Å². The molecule has 14 nitrogen and oxygen atoms in total. The maximum absolute atomic E-state index is 14.6. The molecular formula is C36H44F2N4O10. The average Bonchev–Trinajstić information content (AvgIpc) is 3.32. The van der Waals surface area contributed by atoms with E-state index < -0.39 is 70.3 Å².